The molecule has 2 rings (SSSR count). The molecule has 2 aromatic heterocycles. The number of nitrogens with one attached hydrogen (secondary N) is 1. The van der Waals surface area contributed by atoms with Crippen molar-refractivity contribution < 1.29 is 0 Å². The van der Waals surface area contributed by atoms with Crippen molar-refractivity contribution in [3.8, 4) is 0 Å². The molecule has 0 amide bonds. The van der Waals surface area contributed by atoms with Gasteiger partial charge in [-0.25, -0.2) is 9.89 Å². The molecule has 1 unspecified atom stereocenters. The third-order valence-corrected chi connectivity index (χ3v) is 3.84. The molecule has 1 atom stereocenters. The van der Waals surface area contributed by atoms with Gasteiger partial charge in [0.05, 0.1) is 5.69 Å². The van der Waals surface area contributed by atoms with Crippen LogP contribution in [0.2, 0.25) is 0 Å². The second-order valence-corrected chi connectivity index (χ2v) is 5.26. The normalized spacial score (nSPS) is 13.5. The molecule has 0 spiro atoms. The van der Waals surface area contributed by atoms with Gasteiger partial charge in [0.25, 0.3) is 0 Å². The summed E-state index contributed by atoms with van der Waals surface area (Å²) in [5, 5.41) is 10.4. The van der Waals surface area contributed by atoms with Gasteiger partial charge in [-0.3, -0.25) is 0 Å². The van der Waals surface area contributed by atoms with Gasteiger partial charge in [0.2, 0.25) is 0 Å². The van der Waals surface area contributed by atoms with E-state index in [0.717, 1.165) is 12.1 Å². The van der Waals surface area contributed by atoms with Crippen molar-refractivity contribution in [1.82, 2.24) is 19.8 Å². The molecule has 0 saturated carbocycles. The fraction of sp³-hybridized carbons (Fsp3) is 0.500. The Kier molecular flexibility index (Phi) is 3.09. The highest BCUT2D eigenvalue weighted by Crippen LogP contribution is 2.16. The second-order valence-electron chi connectivity index (χ2n) is 4.09. The van der Waals surface area contributed by atoms with Gasteiger partial charge in [0.15, 0.2) is 5.65 Å². The summed E-state index contributed by atoms with van der Waals surface area (Å²) < 4.78 is 1.29. The number of aromatic nitrogens is 4. The summed E-state index contributed by atoms with van der Waals surface area (Å²) in [4.78, 5) is 11.7. The van der Waals surface area contributed by atoms with Crippen molar-refractivity contribution in [3.05, 3.63) is 28.3 Å². The minimum absolute atomic E-state index is 0.299. The van der Waals surface area contributed by atoms with Crippen LogP contribution in [0.25, 0.3) is 5.65 Å². The zero-order chi connectivity index (χ0) is 11.7. The summed E-state index contributed by atoms with van der Waals surface area (Å²) in [5.74, 6) is 0.526. The lowest BCUT2D eigenvalue weighted by molar-refractivity contribution is 0.602. The summed E-state index contributed by atoms with van der Waals surface area (Å²) in [5.41, 5.74) is 1.13. The van der Waals surface area contributed by atoms with Crippen LogP contribution in [0.4, 0.5) is 0 Å². The average molecular weight is 285 g/mol. The summed E-state index contributed by atoms with van der Waals surface area (Å²) in [6.07, 6.45) is 0.797. The Labute approximate surface area is 101 Å². The molecule has 0 radical (unpaired) electrons. The average Bonchev–Trinajstić information content (AvgIpc) is 2.60. The van der Waals surface area contributed by atoms with E-state index in [1.165, 1.54) is 4.52 Å². The lowest BCUT2D eigenvalue weighted by Crippen LogP contribution is -2.16. The highest BCUT2D eigenvalue weighted by Gasteiger charge is 2.12. The lowest BCUT2D eigenvalue weighted by atomic mass is 10.1. The molecular weight excluding hydrogens is 272 g/mol. The lowest BCUT2D eigenvalue weighted by Gasteiger charge is -2.12. The van der Waals surface area contributed by atoms with Gasteiger partial charge in [-0.05, 0) is 18.1 Å². The first kappa shape index (κ1) is 11.3. The number of fused-ring (bicyclic) bond motifs is 1. The SMILES string of the molecule is CC(C)C(Br)Cc1ccc2n[nH]c(=O)n2n1. The van der Waals surface area contributed by atoms with Gasteiger partial charge in [0, 0.05) is 11.2 Å². The van der Waals surface area contributed by atoms with Gasteiger partial charge < -0.3 is 0 Å². The van der Waals surface area contributed by atoms with Gasteiger partial charge in [-0.1, -0.05) is 29.8 Å². The van der Waals surface area contributed by atoms with Gasteiger partial charge >= 0.3 is 5.69 Å². The van der Waals surface area contributed by atoms with E-state index in [1.807, 2.05) is 6.07 Å². The number of nitrogens with zero attached hydrogens (tertiary/aromatic N) is 3. The van der Waals surface area contributed by atoms with E-state index in [-0.39, 0.29) is 5.69 Å². The number of H-pyrrole nitrogens is 1. The maximum Gasteiger partial charge on any atom is 0.364 e. The van der Waals surface area contributed by atoms with Crippen LogP contribution < -0.4 is 5.69 Å². The Bertz CT molecular complexity index is 545. The zero-order valence-corrected chi connectivity index (χ0v) is 10.7. The first-order valence-electron chi connectivity index (χ1n) is 5.15. The van der Waals surface area contributed by atoms with Gasteiger partial charge in [-0.2, -0.15) is 14.7 Å². The van der Waals surface area contributed by atoms with E-state index >= 15 is 0 Å². The molecule has 0 aliphatic carbocycles. The predicted octanol–water partition coefficient (Wildman–Crippen LogP) is 1.38. The maximum atomic E-state index is 11.3. The minimum Gasteiger partial charge on any atom is -0.244 e. The molecule has 0 bridgehead atoms. The van der Waals surface area contributed by atoms with Crippen LogP contribution in [0.15, 0.2) is 16.9 Å². The maximum absolute atomic E-state index is 11.3. The van der Waals surface area contributed by atoms with E-state index in [1.54, 1.807) is 6.07 Å². The number of alkyl halides is 1. The van der Waals surface area contributed by atoms with Crippen molar-refractivity contribution >= 4 is 21.6 Å². The predicted molar refractivity (Wildman–Crippen MR) is 64.9 cm³/mol. The summed E-state index contributed by atoms with van der Waals surface area (Å²) in [6.45, 7) is 4.28. The van der Waals surface area contributed by atoms with E-state index in [4.69, 9.17) is 0 Å². The molecule has 0 aliphatic rings. The summed E-state index contributed by atoms with van der Waals surface area (Å²) >= 11 is 3.60. The van der Waals surface area contributed by atoms with E-state index < -0.39 is 0 Å². The third kappa shape index (κ3) is 2.16. The number of aromatic amines is 1. The van der Waals surface area contributed by atoms with Crippen LogP contribution in [0.3, 0.4) is 0 Å². The van der Waals surface area contributed by atoms with Crippen molar-refractivity contribution in [2.24, 2.45) is 5.92 Å². The molecule has 86 valence electrons. The molecule has 2 heterocycles. The highest BCUT2D eigenvalue weighted by atomic mass is 79.9. The second kappa shape index (κ2) is 4.37. The quantitative estimate of drug-likeness (QED) is 0.867. The molecule has 16 heavy (non-hydrogen) atoms. The zero-order valence-electron chi connectivity index (χ0n) is 9.14. The molecule has 0 aromatic carbocycles. The highest BCUT2D eigenvalue weighted by molar-refractivity contribution is 9.09. The third-order valence-electron chi connectivity index (χ3n) is 2.46. The van der Waals surface area contributed by atoms with Crippen LogP contribution in [-0.2, 0) is 6.42 Å². The topological polar surface area (TPSA) is 63.0 Å². The van der Waals surface area contributed by atoms with E-state index in [9.17, 15) is 4.79 Å². The molecular formula is C10H13BrN4O. The molecule has 0 saturated heterocycles. The fourth-order valence-electron chi connectivity index (χ4n) is 1.39. The number of rotatable bonds is 3. The van der Waals surface area contributed by atoms with Gasteiger partial charge in [-0.15, -0.1) is 0 Å². The fourth-order valence-corrected chi connectivity index (χ4v) is 1.72. The summed E-state index contributed by atoms with van der Waals surface area (Å²) in [7, 11) is 0. The Balaban J connectivity index is 2.32. The smallest absolute Gasteiger partial charge is 0.244 e. The van der Waals surface area contributed by atoms with Crippen molar-refractivity contribution in [2.75, 3.05) is 0 Å². The Hall–Kier alpha value is -1.17. The minimum atomic E-state index is -0.299. The molecule has 0 aliphatic heterocycles. The first-order valence-corrected chi connectivity index (χ1v) is 6.07. The number of halogens is 1. The first-order chi connectivity index (χ1) is 7.58. The molecule has 2 aromatic rings. The number of hydrogen-bond donors (Lipinski definition) is 1. The van der Waals surface area contributed by atoms with Crippen molar-refractivity contribution in [1.29, 1.82) is 0 Å². The van der Waals surface area contributed by atoms with Crippen LogP contribution >= 0.6 is 15.9 Å². The molecule has 6 heteroatoms. The molecule has 0 fully saturated rings. The summed E-state index contributed by atoms with van der Waals surface area (Å²) in [6, 6.07) is 3.69. The van der Waals surface area contributed by atoms with Crippen LogP contribution in [0, 0.1) is 5.92 Å². The van der Waals surface area contributed by atoms with Crippen LogP contribution in [0.1, 0.15) is 19.5 Å². The Morgan fingerprint density at radius 3 is 2.94 bits per heavy atom. The number of hydrogen-bond acceptors (Lipinski definition) is 3. The van der Waals surface area contributed by atoms with Gasteiger partial charge in [0.1, 0.15) is 0 Å². The Morgan fingerprint density at radius 1 is 1.50 bits per heavy atom. The van der Waals surface area contributed by atoms with Crippen LogP contribution in [0.5, 0.6) is 0 Å². The molecule has 1 N–H and O–H groups in total. The van der Waals surface area contributed by atoms with Crippen molar-refractivity contribution in [2.45, 2.75) is 25.1 Å². The van der Waals surface area contributed by atoms with Crippen molar-refractivity contribution in [3.63, 3.8) is 0 Å². The molecule has 5 nitrogen and oxygen atoms in total. The largest absolute Gasteiger partial charge is 0.364 e. The standard InChI is InChI=1S/C10H13BrN4O/c1-6(2)8(11)5-7-3-4-9-12-13-10(16)15(9)14-7/h3-4,6,8H,5H2,1-2H3,(H,13,16). The van der Waals surface area contributed by atoms with E-state index in [0.29, 0.717) is 16.4 Å². The van der Waals surface area contributed by atoms with E-state index in [2.05, 4.69) is 45.1 Å². The monoisotopic (exact) mass is 284 g/mol. The Morgan fingerprint density at radius 2 is 2.25 bits per heavy atom. The van der Waals surface area contributed by atoms with Crippen LogP contribution in [-0.4, -0.2) is 24.6 Å².